The fourth-order valence-corrected chi connectivity index (χ4v) is 3.94. The van der Waals surface area contributed by atoms with Gasteiger partial charge >= 0.3 is 0 Å². The van der Waals surface area contributed by atoms with Crippen LogP contribution in [0.2, 0.25) is 0 Å². The first kappa shape index (κ1) is 15.9. The van der Waals surface area contributed by atoms with E-state index in [1.165, 1.54) is 18.4 Å². The molecule has 1 amide bonds. The van der Waals surface area contributed by atoms with Crippen molar-refractivity contribution in [3.63, 3.8) is 0 Å². The number of anilines is 1. The Kier molecular flexibility index (Phi) is 4.31. The maximum absolute atomic E-state index is 12.6. The number of likely N-dealkylation sites (N-methyl/N-ethyl adjacent to an activating group) is 1. The molecule has 0 aliphatic carbocycles. The van der Waals surface area contributed by atoms with E-state index in [4.69, 9.17) is 0 Å². The lowest BCUT2D eigenvalue weighted by molar-refractivity contribution is -0.112. The standard InChI is InChI=1S/C22H24N2O/c1-23-21-10-6-5-9-19(21)20(22(23)25)16-24-13-11-18(12-14-24)15-17-7-3-2-4-8-17/h2-10,16,18H,11-15H2,1H3/b20-16-. The number of likely N-dealkylation sites (tertiary alicyclic amines) is 1. The number of hydrogen-bond acceptors (Lipinski definition) is 2. The smallest absolute Gasteiger partial charge is 0.260 e. The Morgan fingerprint density at radius 2 is 1.68 bits per heavy atom. The zero-order valence-corrected chi connectivity index (χ0v) is 14.7. The molecule has 1 fully saturated rings. The SMILES string of the molecule is CN1C(=O)/C(=C\N2CCC(Cc3ccccc3)CC2)c2ccccc21. The summed E-state index contributed by atoms with van der Waals surface area (Å²) in [6, 6.07) is 18.8. The van der Waals surface area contributed by atoms with E-state index in [0.717, 1.165) is 42.3 Å². The summed E-state index contributed by atoms with van der Waals surface area (Å²) >= 11 is 0. The second kappa shape index (κ2) is 6.75. The Hall–Kier alpha value is -2.55. The van der Waals surface area contributed by atoms with Crippen LogP contribution in [-0.4, -0.2) is 30.9 Å². The molecule has 0 aromatic heterocycles. The molecule has 3 heteroatoms. The van der Waals surface area contributed by atoms with Gasteiger partial charge in [-0.15, -0.1) is 0 Å². The van der Waals surface area contributed by atoms with Crippen molar-refractivity contribution in [1.82, 2.24) is 4.90 Å². The molecule has 0 spiro atoms. The van der Waals surface area contributed by atoms with Gasteiger partial charge in [-0.2, -0.15) is 0 Å². The highest BCUT2D eigenvalue weighted by atomic mass is 16.2. The second-order valence-electron chi connectivity index (χ2n) is 7.09. The number of para-hydroxylation sites is 1. The average molecular weight is 332 g/mol. The molecule has 25 heavy (non-hydrogen) atoms. The van der Waals surface area contributed by atoms with Crippen LogP contribution >= 0.6 is 0 Å². The number of rotatable bonds is 3. The Morgan fingerprint density at radius 1 is 1.00 bits per heavy atom. The van der Waals surface area contributed by atoms with Gasteiger partial charge in [-0.25, -0.2) is 0 Å². The van der Waals surface area contributed by atoms with Gasteiger partial charge in [-0.05, 0) is 36.8 Å². The number of fused-ring (bicyclic) bond motifs is 1. The third kappa shape index (κ3) is 3.19. The predicted octanol–water partition coefficient (Wildman–Crippen LogP) is 3.96. The fraction of sp³-hybridized carbons (Fsp3) is 0.318. The van der Waals surface area contributed by atoms with Crippen LogP contribution in [0.15, 0.2) is 60.8 Å². The lowest BCUT2D eigenvalue weighted by Crippen LogP contribution is -2.31. The fourth-order valence-electron chi connectivity index (χ4n) is 3.94. The summed E-state index contributed by atoms with van der Waals surface area (Å²) in [5, 5.41) is 0. The second-order valence-corrected chi connectivity index (χ2v) is 7.09. The first-order valence-corrected chi connectivity index (χ1v) is 9.09. The van der Waals surface area contributed by atoms with Gasteiger partial charge in [0.2, 0.25) is 0 Å². The molecule has 2 heterocycles. The van der Waals surface area contributed by atoms with Gasteiger partial charge in [0.15, 0.2) is 0 Å². The molecule has 1 saturated heterocycles. The van der Waals surface area contributed by atoms with Crippen molar-refractivity contribution >= 4 is 17.2 Å². The van der Waals surface area contributed by atoms with E-state index in [-0.39, 0.29) is 5.91 Å². The molecule has 0 radical (unpaired) electrons. The minimum atomic E-state index is 0.104. The van der Waals surface area contributed by atoms with Crippen LogP contribution < -0.4 is 4.90 Å². The van der Waals surface area contributed by atoms with E-state index in [2.05, 4.69) is 41.4 Å². The molecule has 0 unspecified atom stereocenters. The van der Waals surface area contributed by atoms with Crippen LogP contribution in [0.5, 0.6) is 0 Å². The van der Waals surface area contributed by atoms with Crippen LogP contribution in [0.1, 0.15) is 24.0 Å². The van der Waals surface area contributed by atoms with Crippen molar-refractivity contribution in [2.75, 3.05) is 25.0 Å². The summed E-state index contributed by atoms with van der Waals surface area (Å²) in [6.07, 6.45) is 5.62. The van der Waals surface area contributed by atoms with E-state index in [9.17, 15) is 4.79 Å². The van der Waals surface area contributed by atoms with E-state index < -0.39 is 0 Å². The van der Waals surface area contributed by atoms with Crippen molar-refractivity contribution in [3.8, 4) is 0 Å². The van der Waals surface area contributed by atoms with Crippen molar-refractivity contribution in [2.24, 2.45) is 5.92 Å². The molecule has 128 valence electrons. The predicted molar refractivity (Wildman–Crippen MR) is 102 cm³/mol. The van der Waals surface area contributed by atoms with Crippen LogP contribution in [0.4, 0.5) is 5.69 Å². The molecule has 3 nitrogen and oxygen atoms in total. The summed E-state index contributed by atoms with van der Waals surface area (Å²) in [5.41, 5.74) is 4.33. The van der Waals surface area contributed by atoms with Crippen molar-refractivity contribution in [2.45, 2.75) is 19.3 Å². The highest BCUT2D eigenvalue weighted by Gasteiger charge is 2.30. The Morgan fingerprint density at radius 3 is 2.44 bits per heavy atom. The van der Waals surface area contributed by atoms with E-state index in [1.807, 2.05) is 31.3 Å². The van der Waals surface area contributed by atoms with Gasteiger partial charge in [0, 0.05) is 31.9 Å². The normalized spacial score (nSPS) is 19.6. The Balaban J connectivity index is 1.43. The van der Waals surface area contributed by atoms with Crippen LogP contribution in [0.3, 0.4) is 0 Å². The minimum Gasteiger partial charge on any atom is -0.377 e. The largest absolute Gasteiger partial charge is 0.377 e. The van der Waals surface area contributed by atoms with Crippen molar-refractivity contribution in [1.29, 1.82) is 0 Å². The summed E-state index contributed by atoms with van der Waals surface area (Å²) in [7, 11) is 1.86. The molecule has 4 rings (SSSR count). The molecule has 2 aromatic rings. The maximum atomic E-state index is 12.6. The van der Waals surface area contributed by atoms with Crippen molar-refractivity contribution in [3.05, 3.63) is 71.9 Å². The molecule has 2 aliphatic rings. The zero-order valence-electron chi connectivity index (χ0n) is 14.7. The zero-order chi connectivity index (χ0) is 17.2. The van der Waals surface area contributed by atoms with Crippen LogP contribution in [0, 0.1) is 5.92 Å². The van der Waals surface area contributed by atoms with Crippen LogP contribution in [-0.2, 0) is 11.2 Å². The molecule has 0 saturated carbocycles. The number of piperidine rings is 1. The summed E-state index contributed by atoms with van der Waals surface area (Å²) in [4.78, 5) is 16.6. The maximum Gasteiger partial charge on any atom is 0.260 e. The lowest BCUT2D eigenvalue weighted by Gasteiger charge is -2.31. The first-order chi connectivity index (χ1) is 12.2. The average Bonchev–Trinajstić information content (AvgIpc) is 2.89. The van der Waals surface area contributed by atoms with Gasteiger partial charge in [-0.1, -0.05) is 48.5 Å². The molecule has 2 aliphatic heterocycles. The van der Waals surface area contributed by atoms with E-state index >= 15 is 0 Å². The molecule has 0 N–H and O–H groups in total. The Bertz CT molecular complexity index is 789. The number of amides is 1. The van der Waals surface area contributed by atoms with Crippen molar-refractivity contribution < 1.29 is 4.79 Å². The third-order valence-electron chi connectivity index (χ3n) is 5.42. The summed E-state index contributed by atoms with van der Waals surface area (Å²) in [6.45, 7) is 2.06. The first-order valence-electron chi connectivity index (χ1n) is 9.09. The highest BCUT2D eigenvalue weighted by molar-refractivity contribution is 6.32. The lowest BCUT2D eigenvalue weighted by atomic mass is 9.90. The minimum absolute atomic E-state index is 0.104. The molecular weight excluding hydrogens is 308 g/mol. The molecular formula is C22H24N2O. The molecule has 2 aromatic carbocycles. The number of benzene rings is 2. The quantitative estimate of drug-likeness (QED) is 0.794. The van der Waals surface area contributed by atoms with E-state index in [1.54, 1.807) is 4.90 Å². The van der Waals surface area contributed by atoms with E-state index in [0.29, 0.717) is 0 Å². The van der Waals surface area contributed by atoms with Gasteiger partial charge in [-0.3, -0.25) is 4.79 Å². The van der Waals surface area contributed by atoms with Gasteiger partial charge < -0.3 is 9.80 Å². The van der Waals surface area contributed by atoms with Gasteiger partial charge in [0.25, 0.3) is 5.91 Å². The number of carbonyl (C=O) groups excluding carboxylic acids is 1. The summed E-state index contributed by atoms with van der Waals surface area (Å²) < 4.78 is 0. The Labute approximate surface area is 149 Å². The van der Waals surface area contributed by atoms with Gasteiger partial charge in [0.1, 0.15) is 0 Å². The number of carbonyl (C=O) groups is 1. The van der Waals surface area contributed by atoms with Gasteiger partial charge in [0.05, 0.1) is 11.3 Å². The highest BCUT2D eigenvalue weighted by Crippen LogP contribution is 2.36. The monoisotopic (exact) mass is 332 g/mol. The third-order valence-corrected chi connectivity index (χ3v) is 5.42. The number of nitrogens with zero attached hydrogens (tertiary/aromatic N) is 2. The molecule has 0 atom stereocenters. The van der Waals surface area contributed by atoms with Crippen LogP contribution in [0.25, 0.3) is 5.57 Å². The summed E-state index contributed by atoms with van der Waals surface area (Å²) in [5.74, 6) is 0.846. The molecule has 0 bridgehead atoms. The topological polar surface area (TPSA) is 23.6 Å². The number of hydrogen-bond donors (Lipinski definition) is 0.